The molecule has 1 aromatic carbocycles. The summed E-state index contributed by atoms with van der Waals surface area (Å²) >= 11 is 0. The fourth-order valence-electron chi connectivity index (χ4n) is 4.59. The molecule has 3 rings (SSSR count). The molecule has 23 heavy (non-hydrogen) atoms. The summed E-state index contributed by atoms with van der Waals surface area (Å²) in [4.78, 5) is 15.5. The predicted octanol–water partition coefficient (Wildman–Crippen LogP) is 4.27. The monoisotopic (exact) mass is 315 g/mol. The van der Waals surface area contributed by atoms with Crippen LogP contribution in [0.5, 0.6) is 5.75 Å². The van der Waals surface area contributed by atoms with Gasteiger partial charge in [-0.1, -0.05) is 38.0 Å². The van der Waals surface area contributed by atoms with Crippen LogP contribution >= 0.6 is 0 Å². The number of para-hydroxylation sites is 1. The van der Waals surface area contributed by atoms with Gasteiger partial charge < -0.3 is 4.74 Å². The van der Waals surface area contributed by atoms with Crippen LogP contribution in [0.3, 0.4) is 0 Å². The molecule has 1 aromatic rings. The highest BCUT2D eigenvalue weighted by Crippen LogP contribution is 2.46. The first kappa shape index (κ1) is 16.5. The predicted molar refractivity (Wildman–Crippen MR) is 92.4 cm³/mol. The number of piperidine rings is 1. The van der Waals surface area contributed by atoms with Gasteiger partial charge in [0, 0.05) is 11.6 Å². The van der Waals surface area contributed by atoms with E-state index < -0.39 is 0 Å². The van der Waals surface area contributed by atoms with Crippen molar-refractivity contribution in [3.05, 3.63) is 30.3 Å². The van der Waals surface area contributed by atoms with Gasteiger partial charge in [0.1, 0.15) is 5.75 Å². The minimum Gasteiger partial charge on any atom is -0.426 e. The van der Waals surface area contributed by atoms with E-state index in [0.717, 1.165) is 19.3 Å². The maximum Gasteiger partial charge on any atom is 0.314 e. The fraction of sp³-hybridized carbons (Fsp3) is 0.650. The van der Waals surface area contributed by atoms with E-state index in [1.165, 1.54) is 19.3 Å². The molecule has 0 bridgehead atoms. The van der Waals surface area contributed by atoms with Gasteiger partial charge in [-0.05, 0) is 57.7 Å². The van der Waals surface area contributed by atoms with Crippen molar-refractivity contribution in [1.82, 2.24) is 4.90 Å². The van der Waals surface area contributed by atoms with E-state index in [4.69, 9.17) is 4.74 Å². The summed E-state index contributed by atoms with van der Waals surface area (Å²) in [6, 6.07) is 10.0. The summed E-state index contributed by atoms with van der Waals surface area (Å²) in [5.74, 6) is 1.12. The van der Waals surface area contributed by atoms with Gasteiger partial charge in [-0.15, -0.1) is 0 Å². The van der Waals surface area contributed by atoms with Crippen LogP contribution < -0.4 is 4.74 Å². The van der Waals surface area contributed by atoms with Crippen LogP contribution in [0.4, 0.5) is 0 Å². The van der Waals surface area contributed by atoms with Crippen LogP contribution in [-0.4, -0.2) is 29.5 Å². The Morgan fingerprint density at radius 2 is 1.96 bits per heavy atom. The van der Waals surface area contributed by atoms with Crippen LogP contribution in [0.1, 0.15) is 52.4 Å². The average molecular weight is 315 g/mol. The highest BCUT2D eigenvalue weighted by molar-refractivity contribution is 5.76. The largest absolute Gasteiger partial charge is 0.426 e. The Hall–Kier alpha value is -1.35. The topological polar surface area (TPSA) is 29.5 Å². The third-order valence-electron chi connectivity index (χ3n) is 6.33. The fourth-order valence-corrected chi connectivity index (χ4v) is 4.59. The van der Waals surface area contributed by atoms with Crippen molar-refractivity contribution in [3.8, 4) is 5.75 Å². The number of rotatable bonds is 3. The lowest BCUT2D eigenvalue weighted by Crippen LogP contribution is -2.61. The van der Waals surface area contributed by atoms with Gasteiger partial charge in [-0.3, -0.25) is 9.69 Å². The molecule has 1 saturated carbocycles. The van der Waals surface area contributed by atoms with Gasteiger partial charge in [0.25, 0.3) is 0 Å². The Morgan fingerprint density at radius 3 is 2.65 bits per heavy atom. The number of esters is 1. The first-order valence-electron chi connectivity index (χ1n) is 9.05. The van der Waals surface area contributed by atoms with Gasteiger partial charge in [0.15, 0.2) is 0 Å². The molecular formula is C20H29NO2. The molecule has 0 unspecified atom stereocenters. The number of hydrogen-bond donors (Lipinski definition) is 0. The number of likely N-dealkylation sites (tertiary alicyclic amines) is 1. The molecule has 1 saturated heterocycles. The second kappa shape index (κ2) is 6.64. The Bertz CT molecular complexity index is 544. The maximum atomic E-state index is 12.9. The molecule has 1 heterocycles. The first-order chi connectivity index (χ1) is 11.0. The smallest absolute Gasteiger partial charge is 0.314 e. The highest BCUT2D eigenvalue weighted by atomic mass is 16.5. The number of carbonyl (C=O) groups excluding carboxylic acids is 1. The standard InChI is InChI=1S/C20H29NO2/c1-4-20(2)14-17(16-12-8-9-13-18(16)21(20)3)19(22)23-15-10-6-5-7-11-15/h5-7,10-11,16-18H,4,8-9,12-14H2,1-3H3/t16-,17+,18+,20-/m0/s1. The summed E-state index contributed by atoms with van der Waals surface area (Å²) in [6.45, 7) is 4.54. The van der Waals surface area contributed by atoms with Gasteiger partial charge in [0.2, 0.25) is 0 Å². The SMILES string of the molecule is CC[C@@]1(C)C[C@@H](C(=O)Oc2ccccc2)[C@@H]2CCCC[C@H]2N1C. The second-order valence-electron chi connectivity index (χ2n) is 7.52. The molecule has 126 valence electrons. The molecule has 0 amide bonds. The van der Waals surface area contributed by atoms with Crippen LogP contribution in [0.25, 0.3) is 0 Å². The first-order valence-corrected chi connectivity index (χ1v) is 9.05. The molecule has 0 aromatic heterocycles. The van der Waals surface area contributed by atoms with Crippen molar-refractivity contribution >= 4 is 5.97 Å². The number of fused-ring (bicyclic) bond motifs is 1. The number of hydrogen-bond acceptors (Lipinski definition) is 3. The lowest BCUT2D eigenvalue weighted by molar-refractivity contribution is -0.151. The molecule has 4 atom stereocenters. The third kappa shape index (κ3) is 3.16. The Kier molecular flexibility index (Phi) is 4.77. The van der Waals surface area contributed by atoms with Crippen LogP contribution in [0.15, 0.2) is 30.3 Å². The third-order valence-corrected chi connectivity index (χ3v) is 6.33. The molecule has 2 aliphatic rings. The van der Waals surface area contributed by atoms with Crippen LogP contribution in [-0.2, 0) is 4.79 Å². The molecule has 0 radical (unpaired) electrons. The number of ether oxygens (including phenoxy) is 1. The Balaban J connectivity index is 1.82. The van der Waals surface area contributed by atoms with E-state index in [2.05, 4.69) is 25.8 Å². The molecule has 1 aliphatic heterocycles. The van der Waals surface area contributed by atoms with E-state index >= 15 is 0 Å². The number of benzene rings is 1. The quantitative estimate of drug-likeness (QED) is 0.616. The number of nitrogens with zero attached hydrogens (tertiary/aromatic N) is 1. The van der Waals surface area contributed by atoms with Crippen molar-refractivity contribution in [3.63, 3.8) is 0 Å². The highest BCUT2D eigenvalue weighted by Gasteiger charge is 2.50. The van der Waals surface area contributed by atoms with E-state index in [0.29, 0.717) is 17.7 Å². The molecule has 2 fully saturated rings. The van der Waals surface area contributed by atoms with Crippen LogP contribution in [0.2, 0.25) is 0 Å². The van der Waals surface area contributed by atoms with Crippen molar-refractivity contribution < 1.29 is 9.53 Å². The van der Waals surface area contributed by atoms with Crippen molar-refractivity contribution in [2.45, 2.75) is 64.0 Å². The minimum atomic E-state index is -0.0270. The summed E-state index contributed by atoms with van der Waals surface area (Å²) < 4.78 is 5.72. The van der Waals surface area contributed by atoms with Crippen LogP contribution in [0, 0.1) is 11.8 Å². The molecule has 1 aliphatic carbocycles. The summed E-state index contributed by atoms with van der Waals surface area (Å²) in [6.07, 6.45) is 6.88. The zero-order valence-electron chi connectivity index (χ0n) is 14.6. The van der Waals surface area contributed by atoms with Crippen molar-refractivity contribution in [2.24, 2.45) is 11.8 Å². The van der Waals surface area contributed by atoms with Gasteiger partial charge in [-0.25, -0.2) is 0 Å². The molecule has 3 nitrogen and oxygen atoms in total. The molecule has 0 N–H and O–H groups in total. The molecule has 0 spiro atoms. The Labute approximate surface area is 140 Å². The zero-order chi connectivity index (χ0) is 16.4. The zero-order valence-corrected chi connectivity index (χ0v) is 14.6. The lowest BCUT2D eigenvalue weighted by Gasteiger charge is -2.55. The van der Waals surface area contributed by atoms with Gasteiger partial charge in [0.05, 0.1) is 5.92 Å². The normalized spacial score (nSPS) is 34.7. The van der Waals surface area contributed by atoms with Gasteiger partial charge in [-0.2, -0.15) is 0 Å². The Morgan fingerprint density at radius 1 is 1.26 bits per heavy atom. The van der Waals surface area contributed by atoms with E-state index in [1.54, 1.807) is 0 Å². The number of carbonyl (C=O) groups is 1. The van der Waals surface area contributed by atoms with E-state index in [9.17, 15) is 4.79 Å². The van der Waals surface area contributed by atoms with Crippen molar-refractivity contribution in [1.29, 1.82) is 0 Å². The van der Waals surface area contributed by atoms with Crippen molar-refractivity contribution in [2.75, 3.05) is 7.05 Å². The average Bonchev–Trinajstić information content (AvgIpc) is 2.59. The summed E-state index contributed by atoms with van der Waals surface area (Å²) in [5, 5.41) is 0. The lowest BCUT2D eigenvalue weighted by atomic mass is 9.66. The molecular weight excluding hydrogens is 286 g/mol. The summed E-state index contributed by atoms with van der Waals surface area (Å²) in [5.41, 5.74) is 0.0961. The molecule has 3 heteroatoms. The minimum absolute atomic E-state index is 0.0270. The van der Waals surface area contributed by atoms with E-state index in [-0.39, 0.29) is 17.4 Å². The second-order valence-corrected chi connectivity index (χ2v) is 7.52. The van der Waals surface area contributed by atoms with E-state index in [1.807, 2.05) is 30.3 Å². The summed E-state index contributed by atoms with van der Waals surface area (Å²) in [7, 11) is 2.26. The van der Waals surface area contributed by atoms with Gasteiger partial charge >= 0.3 is 5.97 Å². The maximum absolute atomic E-state index is 12.9.